The monoisotopic (exact) mass is 388 g/mol. The van der Waals surface area contributed by atoms with Crippen LogP contribution in [0, 0.1) is 11.8 Å². The zero-order valence-corrected chi connectivity index (χ0v) is 15.0. The highest BCUT2D eigenvalue weighted by Crippen LogP contribution is 2.34. The standard InChI is InChI=1S/C18H28O9/c19-9-13-15(23)16(24)17(25)18(27-13)26-7-3-1-2-4-11-10(8-14(21)22)5-6-12(11)20/h1-2,10-11,13,15-19,23-25H,3-9H2,(H,21,22)/b2-1-/t10-,11-,13+,15-,16-,17-,18-/m1/s1. The van der Waals surface area contributed by atoms with Gasteiger partial charge in [-0.25, -0.2) is 0 Å². The SMILES string of the molecule is O=C(O)C[C@H]1CCC(=O)[C@@H]1C/C=C\CCO[C@@H]1O[C@@H](CO)[C@@H](O)[C@@H](O)[C@H]1O. The summed E-state index contributed by atoms with van der Waals surface area (Å²) in [5.41, 5.74) is 0. The van der Waals surface area contributed by atoms with Gasteiger partial charge < -0.3 is 35.0 Å². The van der Waals surface area contributed by atoms with Crippen LogP contribution in [0.15, 0.2) is 12.2 Å². The van der Waals surface area contributed by atoms with Gasteiger partial charge in [0, 0.05) is 18.8 Å². The zero-order chi connectivity index (χ0) is 20.0. The molecule has 1 saturated heterocycles. The molecule has 7 atom stereocenters. The molecule has 2 fully saturated rings. The summed E-state index contributed by atoms with van der Waals surface area (Å²) >= 11 is 0. The number of carboxylic acid groups (broad SMARTS) is 1. The second-order valence-electron chi connectivity index (χ2n) is 7.03. The molecule has 2 rings (SSSR count). The van der Waals surface area contributed by atoms with Gasteiger partial charge in [-0.1, -0.05) is 12.2 Å². The Bertz CT molecular complexity index is 533. The van der Waals surface area contributed by atoms with Gasteiger partial charge >= 0.3 is 5.97 Å². The lowest BCUT2D eigenvalue weighted by Gasteiger charge is -2.39. The molecule has 1 aliphatic heterocycles. The van der Waals surface area contributed by atoms with Crippen LogP contribution in [0.25, 0.3) is 0 Å². The number of hydrogen-bond donors (Lipinski definition) is 5. The van der Waals surface area contributed by atoms with Gasteiger partial charge in [0.2, 0.25) is 0 Å². The van der Waals surface area contributed by atoms with Crippen LogP contribution in [0.1, 0.15) is 32.1 Å². The van der Waals surface area contributed by atoms with Crippen LogP contribution < -0.4 is 0 Å². The maximum atomic E-state index is 11.9. The van der Waals surface area contributed by atoms with E-state index in [1.807, 2.05) is 6.08 Å². The van der Waals surface area contributed by atoms with Crippen molar-refractivity contribution < 1.29 is 44.6 Å². The van der Waals surface area contributed by atoms with Crippen molar-refractivity contribution >= 4 is 11.8 Å². The van der Waals surface area contributed by atoms with Crippen LogP contribution in [0.2, 0.25) is 0 Å². The topological polar surface area (TPSA) is 154 Å². The highest BCUT2D eigenvalue weighted by Gasteiger charge is 2.43. The Labute approximate surface area is 157 Å². The molecule has 0 unspecified atom stereocenters. The van der Waals surface area contributed by atoms with Crippen molar-refractivity contribution in [2.75, 3.05) is 13.2 Å². The summed E-state index contributed by atoms with van der Waals surface area (Å²) in [6, 6.07) is 0. The maximum Gasteiger partial charge on any atom is 0.303 e. The lowest BCUT2D eigenvalue weighted by molar-refractivity contribution is -0.300. The van der Waals surface area contributed by atoms with Crippen molar-refractivity contribution in [3.63, 3.8) is 0 Å². The number of carboxylic acids is 1. The Morgan fingerprint density at radius 3 is 2.59 bits per heavy atom. The smallest absolute Gasteiger partial charge is 0.303 e. The Hall–Kier alpha value is -1.36. The molecule has 0 aromatic rings. The van der Waals surface area contributed by atoms with Crippen LogP contribution in [-0.2, 0) is 19.1 Å². The minimum atomic E-state index is -1.48. The number of aliphatic carboxylic acids is 1. The first-order chi connectivity index (χ1) is 12.8. The second-order valence-corrected chi connectivity index (χ2v) is 7.03. The first-order valence-corrected chi connectivity index (χ1v) is 9.16. The Morgan fingerprint density at radius 1 is 1.19 bits per heavy atom. The summed E-state index contributed by atoms with van der Waals surface area (Å²) in [7, 11) is 0. The molecule has 0 amide bonds. The third kappa shape index (κ3) is 5.81. The molecule has 154 valence electrons. The molecule has 1 heterocycles. The van der Waals surface area contributed by atoms with Crippen LogP contribution >= 0.6 is 0 Å². The molecule has 27 heavy (non-hydrogen) atoms. The molecule has 2 aliphatic rings. The number of allylic oxidation sites excluding steroid dienone is 1. The van der Waals surface area contributed by atoms with E-state index in [0.717, 1.165) is 0 Å². The summed E-state index contributed by atoms with van der Waals surface area (Å²) in [5, 5.41) is 47.3. The molecule has 0 radical (unpaired) electrons. The van der Waals surface area contributed by atoms with Gasteiger partial charge in [-0.3, -0.25) is 9.59 Å². The fraction of sp³-hybridized carbons (Fsp3) is 0.778. The summed E-state index contributed by atoms with van der Waals surface area (Å²) in [5.74, 6) is -1.17. The molecule has 0 bridgehead atoms. The molecule has 1 saturated carbocycles. The van der Waals surface area contributed by atoms with Crippen molar-refractivity contribution in [2.45, 2.75) is 62.8 Å². The van der Waals surface area contributed by atoms with Crippen LogP contribution in [0.3, 0.4) is 0 Å². The number of carbonyl (C=O) groups excluding carboxylic acids is 1. The number of rotatable bonds is 9. The van der Waals surface area contributed by atoms with Gasteiger partial charge in [-0.05, 0) is 25.2 Å². The van der Waals surface area contributed by atoms with Crippen LogP contribution in [0.4, 0.5) is 0 Å². The molecule has 0 aromatic carbocycles. The van der Waals surface area contributed by atoms with Gasteiger partial charge in [0.25, 0.3) is 0 Å². The lowest BCUT2D eigenvalue weighted by Crippen LogP contribution is -2.59. The third-order valence-corrected chi connectivity index (χ3v) is 5.15. The van der Waals surface area contributed by atoms with Gasteiger partial charge in [0.05, 0.1) is 13.2 Å². The van der Waals surface area contributed by atoms with E-state index in [4.69, 9.17) is 19.7 Å². The second kappa shape index (κ2) is 10.3. The molecule has 0 aromatic heterocycles. The fourth-order valence-corrected chi connectivity index (χ4v) is 3.59. The van der Waals surface area contributed by atoms with E-state index in [0.29, 0.717) is 25.7 Å². The number of Topliss-reactive ketones (excluding diaryl/α,β-unsaturated/α-hetero) is 1. The molecule has 1 aliphatic carbocycles. The van der Waals surface area contributed by atoms with Crippen LogP contribution in [0.5, 0.6) is 0 Å². The van der Waals surface area contributed by atoms with Crippen molar-refractivity contribution in [3.05, 3.63) is 12.2 Å². The molecule has 9 nitrogen and oxygen atoms in total. The predicted molar refractivity (Wildman–Crippen MR) is 91.6 cm³/mol. The number of carbonyl (C=O) groups is 2. The molecular formula is C18H28O9. The maximum absolute atomic E-state index is 11.9. The zero-order valence-electron chi connectivity index (χ0n) is 15.0. The van der Waals surface area contributed by atoms with Gasteiger partial charge in [-0.15, -0.1) is 0 Å². The quantitative estimate of drug-likeness (QED) is 0.252. The Kier molecular flexibility index (Phi) is 8.33. The van der Waals surface area contributed by atoms with E-state index in [1.54, 1.807) is 6.08 Å². The van der Waals surface area contributed by atoms with Crippen molar-refractivity contribution in [1.82, 2.24) is 0 Å². The lowest BCUT2D eigenvalue weighted by atomic mass is 9.89. The largest absolute Gasteiger partial charge is 0.481 e. The van der Waals surface area contributed by atoms with Gasteiger partial charge in [0.15, 0.2) is 6.29 Å². The van der Waals surface area contributed by atoms with E-state index >= 15 is 0 Å². The first-order valence-electron chi connectivity index (χ1n) is 9.16. The summed E-state index contributed by atoms with van der Waals surface area (Å²) in [6.45, 7) is -0.353. The number of ketones is 1. The van der Waals surface area contributed by atoms with E-state index in [-0.39, 0.29) is 30.6 Å². The first kappa shape index (κ1) is 21.9. The number of aliphatic hydroxyl groups excluding tert-OH is 4. The van der Waals surface area contributed by atoms with E-state index < -0.39 is 43.3 Å². The van der Waals surface area contributed by atoms with Gasteiger partial charge in [-0.2, -0.15) is 0 Å². The summed E-state index contributed by atoms with van der Waals surface area (Å²) in [4.78, 5) is 22.7. The predicted octanol–water partition coefficient (Wildman–Crippen LogP) is -0.791. The van der Waals surface area contributed by atoms with E-state index in [2.05, 4.69) is 0 Å². The highest BCUT2D eigenvalue weighted by molar-refractivity contribution is 5.84. The van der Waals surface area contributed by atoms with Crippen molar-refractivity contribution in [1.29, 1.82) is 0 Å². The van der Waals surface area contributed by atoms with Gasteiger partial charge in [0.1, 0.15) is 30.2 Å². The highest BCUT2D eigenvalue weighted by atomic mass is 16.7. The average Bonchev–Trinajstić information content (AvgIpc) is 2.96. The van der Waals surface area contributed by atoms with Crippen molar-refractivity contribution in [2.24, 2.45) is 11.8 Å². The normalized spacial score (nSPS) is 37.2. The Balaban J connectivity index is 1.73. The molecule has 5 N–H and O–H groups in total. The Morgan fingerprint density at radius 2 is 1.93 bits per heavy atom. The number of aliphatic hydroxyl groups is 4. The number of hydrogen-bond acceptors (Lipinski definition) is 8. The molecule has 0 spiro atoms. The van der Waals surface area contributed by atoms with Crippen LogP contribution in [-0.4, -0.2) is 81.2 Å². The third-order valence-electron chi connectivity index (χ3n) is 5.15. The number of ether oxygens (including phenoxy) is 2. The average molecular weight is 388 g/mol. The van der Waals surface area contributed by atoms with E-state index in [1.165, 1.54) is 0 Å². The summed E-state index contributed by atoms with van der Waals surface area (Å²) < 4.78 is 10.6. The molecule has 9 heteroatoms. The minimum absolute atomic E-state index is 0.00443. The summed E-state index contributed by atoms with van der Waals surface area (Å²) in [6.07, 6.45) is -0.898. The molecular weight excluding hydrogens is 360 g/mol. The van der Waals surface area contributed by atoms with E-state index in [9.17, 15) is 24.9 Å². The van der Waals surface area contributed by atoms with Crippen molar-refractivity contribution in [3.8, 4) is 0 Å². The minimum Gasteiger partial charge on any atom is -0.481 e. The fourth-order valence-electron chi connectivity index (χ4n) is 3.59.